The molecular formula is C15H16N2. The standard InChI is InChI=1S/C15H16N2/c1-2-5-12-11(4-1)7-8-14-13(12)10-17-9-3-6-15(17)16-14/h1-2,4-5,7-8,15-16H,3,6,9-10H2. The Morgan fingerprint density at radius 1 is 1.12 bits per heavy atom. The molecule has 0 saturated carbocycles. The van der Waals surface area contributed by atoms with E-state index in [-0.39, 0.29) is 0 Å². The highest BCUT2D eigenvalue weighted by atomic mass is 15.3. The van der Waals surface area contributed by atoms with Crippen molar-refractivity contribution in [1.29, 1.82) is 0 Å². The third-order valence-electron chi connectivity index (χ3n) is 4.09. The van der Waals surface area contributed by atoms with Crippen LogP contribution in [0, 0.1) is 0 Å². The molecule has 2 nitrogen and oxygen atoms in total. The van der Waals surface area contributed by atoms with E-state index in [0.717, 1.165) is 6.54 Å². The zero-order valence-corrected chi connectivity index (χ0v) is 9.82. The Morgan fingerprint density at radius 3 is 3.06 bits per heavy atom. The maximum Gasteiger partial charge on any atom is 0.0796 e. The Morgan fingerprint density at radius 2 is 2.06 bits per heavy atom. The lowest BCUT2D eigenvalue weighted by atomic mass is 10.0. The van der Waals surface area contributed by atoms with Crippen LogP contribution in [0.25, 0.3) is 10.8 Å². The molecule has 1 saturated heterocycles. The highest BCUT2D eigenvalue weighted by Gasteiger charge is 2.29. The largest absolute Gasteiger partial charge is 0.369 e. The molecule has 2 heterocycles. The molecular weight excluding hydrogens is 208 g/mol. The number of anilines is 1. The lowest BCUT2D eigenvalue weighted by molar-refractivity contribution is 0.258. The van der Waals surface area contributed by atoms with Crippen molar-refractivity contribution in [1.82, 2.24) is 4.90 Å². The molecule has 4 rings (SSSR count). The molecule has 1 N–H and O–H groups in total. The summed E-state index contributed by atoms with van der Waals surface area (Å²) in [6.07, 6.45) is 3.18. The second-order valence-corrected chi connectivity index (χ2v) is 5.09. The van der Waals surface area contributed by atoms with E-state index in [0.29, 0.717) is 6.17 Å². The predicted molar refractivity (Wildman–Crippen MR) is 71.0 cm³/mol. The summed E-state index contributed by atoms with van der Waals surface area (Å²) < 4.78 is 0. The van der Waals surface area contributed by atoms with E-state index in [1.54, 1.807) is 0 Å². The average molecular weight is 224 g/mol. The van der Waals surface area contributed by atoms with Crippen LogP contribution in [0.4, 0.5) is 5.69 Å². The minimum atomic E-state index is 0.573. The molecule has 2 aromatic carbocycles. The van der Waals surface area contributed by atoms with Crippen LogP contribution in [0.2, 0.25) is 0 Å². The molecule has 1 atom stereocenters. The van der Waals surface area contributed by atoms with Crippen LogP contribution >= 0.6 is 0 Å². The summed E-state index contributed by atoms with van der Waals surface area (Å²) in [4.78, 5) is 2.56. The summed E-state index contributed by atoms with van der Waals surface area (Å²) in [5.74, 6) is 0. The molecule has 0 bridgehead atoms. The smallest absolute Gasteiger partial charge is 0.0796 e. The van der Waals surface area contributed by atoms with Crippen molar-refractivity contribution < 1.29 is 0 Å². The highest BCUT2D eigenvalue weighted by Crippen LogP contribution is 2.35. The lowest BCUT2D eigenvalue weighted by Gasteiger charge is -2.33. The molecule has 2 aliphatic heterocycles. The summed E-state index contributed by atoms with van der Waals surface area (Å²) in [7, 11) is 0. The van der Waals surface area contributed by atoms with Crippen molar-refractivity contribution in [3.63, 3.8) is 0 Å². The molecule has 2 aliphatic rings. The van der Waals surface area contributed by atoms with Gasteiger partial charge in [-0.25, -0.2) is 0 Å². The van der Waals surface area contributed by atoms with Crippen molar-refractivity contribution in [3.8, 4) is 0 Å². The molecule has 0 aromatic heterocycles. The monoisotopic (exact) mass is 224 g/mol. The fourth-order valence-electron chi connectivity index (χ4n) is 3.20. The Hall–Kier alpha value is -1.54. The van der Waals surface area contributed by atoms with Gasteiger partial charge < -0.3 is 5.32 Å². The topological polar surface area (TPSA) is 15.3 Å². The van der Waals surface area contributed by atoms with E-state index in [1.165, 1.54) is 41.4 Å². The molecule has 2 heteroatoms. The summed E-state index contributed by atoms with van der Waals surface area (Å²) in [5, 5.41) is 6.43. The molecule has 0 spiro atoms. The van der Waals surface area contributed by atoms with Crippen molar-refractivity contribution in [3.05, 3.63) is 42.0 Å². The van der Waals surface area contributed by atoms with Gasteiger partial charge in [0.05, 0.1) is 6.17 Å². The summed E-state index contributed by atoms with van der Waals surface area (Å²) in [5.41, 5.74) is 2.81. The number of hydrogen-bond donors (Lipinski definition) is 1. The van der Waals surface area contributed by atoms with Crippen LogP contribution in [0.5, 0.6) is 0 Å². The summed E-state index contributed by atoms with van der Waals surface area (Å²) >= 11 is 0. The van der Waals surface area contributed by atoms with Crippen molar-refractivity contribution in [2.45, 2.75) is 25.6 Å². The number of fused-ring (bicyclic) bond motifs is 4. The van der Waals surface area contributed by atoms with Crippen LogP contribution < -0.4 is 5.32 Å². The van der Waals surface area contributed by atoms with Crippen LogP contribution in [0.1, 0.15) is 18.4 Å². The molecule has 17 heavy (non-hydrogen) atoms. The van der Waals surface area contributed by atoms with E-state index >= 15 is 0 Å². The normalized spacial score (nSPS) is 23.2. The molecule has 2 aromatic rings. The van der Waals surface area contributed by atoms with Gasteiger partial charge in [0.1, 0.15) is 0 Å². The molecule has 1 fully saturated rings. The zero-order valence-electron chi connectivity index (χ0n) is 9.82. The van der Waals surface area contributed by atoms with E-state index in [4.69, 9.17) is 0 Å². The first-order valence-electron chi connectivity index (χ1n) is 6.43. The van der Waals surface area contributed by atoms with Crippen molar-refractivity contribution in [2.24, 2.45) is 0 Å². The fourth-order valence-corrected chi connectivity index (χ4v) is 3.20. The minimum Gasteiger partial charge on any atom is -0.369 e. The van der Waals surface area contributed by atoms with Crippen LogP contribution in [0.3, 0.4) is 0 Å². The summed E-state index contributed by atoms with van der Waals surface area (Å²) in [6.45, 7) is 2.34. The molecule has 0 amide bonds. The van der Waals surface area contributed by atoms with Crippen LogP contribution in [-0.4, -0.2) is 17.6 Å². The Labute approximate surface area is 101 Å². The van der Waals surface area contributed by atoms with Gasteiger partial charge in [-0.1, -0.05) is 30.3 Å². The van der Waals surface area contributed by atoms with Gasteiger partial charge in [-0.3, -0.25) is 4.90 Å². The fraction of sp³-hybridized carbons (Fsp3) is 0.333. The highest BCUT2D eigenvalue weighted by molar-refractivity contribution is 5.90. The first-order chi connectivity index (χ1) is 8.42. The van der Waals surface area contributed by atoms with Gasteiger partial charge >= 0.3 is 0 Å². The second kappa shape index (κ2) is 3.47. The van der Waals surface area contributed by atoms with Gasteiger partial charge in [-0.15, -0.1) is 0 Å². The number of rotatable bonds is 0. The van der Waals surface area contributed by atoms with Gasteiger partial charge in [0.25, 0.3) is 0 Å². The third kappa shape index (κ3) is 1.37. The number of nitrogens with one attached hydrogen (secondary N) is 1. The first-order valence-corrected chi connectivity index (χ1v) is 6.43. The molecule has 0 aliphatic carbocycles. The number of benzene rings is 2. The van der Waals surface area contributed by atoms with Gasteiger partial charge in [0.15, 0.2) is 0 Å². The van der Waals surface area contributed by atoms with E-state index < -0.39 is 0 Å². The van der Waals surface area contributed by atoms with Crippen LogP contribution in [0.15, 0.2) is 36.4 Å². The predicted octanol–water partition coefficient (Wildman–Crippen LogP) is 3.19. The second-order valence-electron chi connectivity index (χ2n) is 5.09. The van der Waals surface area contributed by atoms with E-state index in [2.05, 4.69) is 46.6 Å². The van der Waals surface area contributed by atoms with Gasteiger partial charge in [-0.05, 0) is 35.2 Å². The van der Waals surface area contributed by atoms with Crippen LogP contribution in [-0.2, 0) is 6.54 Å². The minimum absolute atomic E-state index is 0.573. The SMILES string of the molecule is c1ccc2c3c(ccc2c1)NC1CCCN1C3. The Bertz CT molecular complexity index is 576. The number of nitrogens with zero attached hydrogens (tertiary/aromatic N) is 1. The quantitative estimate of drug-likeness (QED) is 0.739. The maximum absolute atomic E-state index is 3.68. The third-order valence-corrected chi connectivity index (χ3v) is 4.09. The van der Waals surface area contributed by atoms with Gasteiger partial charge in [0.2, 0.25) is 0 Å². The lowest BCUT2D eigenvalue weighted by Crippen LogP contribution is -2.39. The zero-order chi connectivity index (χ0) is 11.2. The van der Waals surface area contributed by atoms with E-state index in [9.17, 15) is 0 Å². The Kier molecular flexibility index (Phi) is 1.94. The summed E-state index contributed by atoms with van der Waals surface area (Å²) in [6, 6.07) is 13.2. The molecule has 0 radical (unpaired) electrons. The van der Waals surface area contributed by atoms with Crippen molar-refractivity contribution >= 4 is 16.5 Å². The van der Waals surface area contributed by atoms with Gasteiger partial charge in [-0.2, -0.15) is 0 Å². The average Bonchev–Trinajstić information content (AvgIpc) is 2.83. The first kappa shape index (κ1) is 9.49. The number of hydrogen-bond acceptors (Lipinski definition) is 2. The van der Waals surface area contributed by atoms with Gasteiger partial charge in [0, 0.05) is 18.8 Å². The van der Waals surface area contributed by atoms with E-state index in [1.807, 2.05) is 0 Å². The molecule has 86 valence electrons. The maximum atomic E-state index is 3.68. The van der Waals surface area contributed by atoms with Crippen molar-refractivity contribution in [2.75, 3.05) is 11.9 Å². The Balaban J connectivity index is 1.91. The molecule has 1 unspecified atom stereocenters.